The molecule has 1 aromatic carbocycles. The number of ether oxygens (including phenoxy) is 3. The van der Waals surface area contributed by atoms with Crippen molar-refractivity contribution in [3.05, 3.63) is 23.8 Å². The Bertz CT molecular complexity index is 518. The van der Waals surface area contributed by atoms with Crippen LogP contribution in [0.3, 0.4) is 0 Å². The number of nitrogens with one attached hydrogen (secondary N) is 2. The molecule has 1 aromatic rings. The SMILES string of the molecule is CCNC(=NCc1ccc2c(c1)OCO2)NCCOCC(C)C. The van der Waals surface area contributed by atoms with Crippen molar-refractivity contribution in [2.45, 2.75) is 27.3 Å². The Morgan fingerprint density at radius 2 is 2.09 bits per heavy atom. The van der Waals surface area contributed by atoms with Crippen LogP contribution in [0.4, 0.5) is 0 Å². The number of guanidine groups is 1. The first-order valence-corrected chi connectivity index (χ1v) is 8.17. The van der Waals surface area contributed by atoms with E-state index in [1.54, 1.807) is 0 Å². The second kappa shape index (κ2) is 9.25. The second-order valence-corrected chi connectivity index (χ2v) is 5.78. The van der Waals surface area contributed by atoms with Gasteiger partial charge in [0.2, 0.25) is 6.79 Å². The Labute approximate surface area is 138 Å². The van der Waals surface area contributed by atoms with E-state index in [2.05, 4.69) is 29.5 Å². The molecule has 6 nitrogen and oxygen atoms in total. The van der Waals surface area contributed by atoms with Gasteiger partial charge in [0.05, 0.1) is 13.2 Å². The average molecular weight is 321 g/mol. The summed E-state index contributed by atoms with van der Waals surface area (Å²) >= 11 is 0. The molecule has 0 aliphatic carbocycles. The highest BCUT2D eigenvalue weighted by molar-refractivity contribution is 5.79. The van der Waals surface area contributed by atoms with E-state index in [9.17, 15) is 0 Å². The fraction of sp³-hybridized carbons (Fsp3) is 0.588. The van der Waals surface area contributed by atoms with Gasteiger partial charge in [0.1, 0.15) is 0 Å². The van der Waals surface area contributed by atoms with Crippen LogP contribution in [0.5, 0.6) is 11.5 Å². The Hall–Kier alpha value is -1.95. The van der Waals surface area contributed by atoms with E-state index in [0.29, 0.717) is 25.9 Å². The summed E-state index contributed by atoms with van der Waals surface area (Å²) in [4.78, 5) is 4.58. The van der Waals surface area contributed by atoms with Gasteiger partial charge >= 0.3 is 0 Å². The number of nitrogens with zero attached hydrogens (tertiary/aromatic N) is 1. The lowest BCUT2D eigenvalue weighted by Crippen LogP contribution is -2.39. The van der Waals surface area contributed by atoms with Crippen LogP contribution in [0, 0.1) is 5.92 Å². The predicted octanol–water partition coefficient (Wildman–Crippen LogP) is 2.14. The van der Waals surface area contributed by atoms with Crippen LogP contribution in [-0.4, -0.2) is 39.1 Å². The largest absolute Gasteiger partial charge is 0.454 e. The summed E-state index contributed by atoms with van der Waals surface area (Å²) in [6.45, 7) is 10.2. The minimum absolute atomic E-state index is 0.294. The summed E-state index contributed by atoms with van der Waals surface area (Å²) in [5.74, 6) is 2.93. The fourth-order valence-electron chi connectivity index (χ4n) is 2.11. The molecule has 0 unspecified atom stereocenters. The molecule has 2 rings (SSSR count). The van der Waals surface area contributed by atoms with E-state index >= 15 is 0 Å². The number of hydrogen-bond acceptors (Lipinski definition) is 4. The number of fused-ring (bicyclic) bond motifs is 1. The Balaban J connectivity index is 1.81. The van der Waals surface area contributed by atoms with Gasteiger partial charge in [-0.2, -0.15) is 0 Å². The minimum Gasteiger partial charge on any atom is -0.454 e. The van der Waals surface area contributed by atoms with Crippen LogP contribution in [-0.2, 0) is 11.3 Å². The van der Waals surface area contributed by atoms with Crippen molar-refractivity contribution in [3.8, 4) is 11.5 Å². The molecule has 1 aliphatic heterocycles. The quantitative estimate of drug-likeness (QED) is 0.436. The van der Waals surface area contributed by atoms with Crippen molar-refractivity contribution in [3.63, 3.8) is 0 Å². The molecular formula is C17H27N3O3. The third kappa shape index (κ3) is 5.98. The summed E-state index contributed by atoms with van der Waals surface area (Å²) in [7, 11) is 0. The van der Waals surface area contributed by atoms with E-state index in [4.69, 9.17) is 14.2 Å². The van der Waals surface area contributed by atoms with E-state index in [-0.39, 0.29) is 0 Å². The zero-order valence-corrected chi connectivity index (χ0v) is 14.2. The highest BCUT2D eigenvalue weighted by Crippen LogP contribution is 2.32. The van der Waals surface area contributed by atoms with Crippen molar-refractivity contribution < 1.29 is 14.2 Å². The number of aliphatic imine (C=N–C) groups is 1. The van der Waals surface area contributed by atoms with Gasteiger partial charge in [0.25, 0.3) is 0 Å². The monoisotopic (exact) mass is 321 g/mol. The van der Waals surface area contributed by atoms with Gasteiger partial charge in [0, 0.05) is 19.7 Å². The molecular weight excluding hydrogens is 294 g/mol. The molecule has 0 spiro atoms. The van der Waals surface area contributed by atoms with Crippen LogP contribution in [0.15, 0.2) is 23.2 Å². The highest BCUT2D eigenvalue weighted by Gasteiger charge is 2.12. The zero-order valence-electron chi connectivity index (χ0n) is 14.2. The standard InChI is InChI=1S/C17H27N3O3/c1-4-18-17(19-7-8-21-11-13(2)3)20-10-14-5-6-15-16(9-14)23-12-22-15/h5-6,9,13H,4,7-8,10-12H2,1-3H3,(H2,18,19,20). The minimum atomic E-state index is 0.294. The molecule has 23 heavy (non-hydrogen) atoms. The normalized spacial score (nSPS) is 13.5. The maximum absolute atomic E-state index is 5.56. The summed E-state index contributed by atoms with van der Waals surface area (Å²) < 4.78 is 16.3. The molecule has 0 atom stereocenters. The first-order valence-electron chi connectivity index (χ1n) is 8.17. The third-order valence-electron chi connectivity index (χ3n) is 3.19. The number of benzene rings is 1. The molecule has 0 fully saturated rings. The number of rotatable bonds is 8. The summed E-state index contributed by atoms with van der Waals surface area (Å²) in [6, 6.07) is 5.90. The van der Waals surface area contributed by atoms with E-state index in [1.807, 2.05) is 25.1 Å². The average Bonchev–Trinajstić information content (AvgIpc) is 2.99. The topological polar surface area (TPSA) is 64.1 Å². The summed E-state index contributed by atoms with van der Waals surface area (Å²) in [6.07, 6.45) is 0. The van der Waals surface area contributed by atoms with Crippen LogP contribution in [0.1, 0.15) is 26.3 Å². The Morgan fingerprint density at radius 3 is 2.87 bits per heavy atom. The molecule has 1 aliphatic rings. The second-order valence-electron chi connectivity index (χ2n) is 5.78. The maximum atomic E-state index is 5.56. The van der Waals surface area contributed by atoms with E-state index < -0.39 is 0 Å². The Morgan fingerprint density at radius 1 is 1.26 bits per heavy atom. The molecule has 0 bridgehead atoms. The molecule has 0 saturated carbocycles. The van der Waals surface area contributed by atoms with Gasteiger partial charge in [-0.1, -0.05) is 19.9 Å². The molecule has 2 N–H and O–H groups in total. The molecule has 0 amide bonds. The summed E-state index contributed by atoms with van der Waals surface area (Å²) in [5.41, 5.74) is 1.09. The molecule has 0 saturated heterocycles. The van der Waals surface area contributed by atoms with Crippen molar-refractivity contribution in [2.24, 2.45) is 10.9 Å². The molecule has 0 radical (unpaired) electrons. The van der Waals surface area contributed by atoms with Gasteiger partial charge < -0.3 is 24.8 Å². The van der Waals surface area contributed by atoms with Crippen LogP contribution in [0.25, 0.3) is 0 Å². The predicted molar refractivity (Wildman–Crippen MR) is 91.0 cm³/mol. The maximum Gasteiger partial charge on any atom is 0.231 e. The van der Waals surface area contributed by atoms with Gasteiger partial charge in [-0.3, -0.25) is 0 Å². The van der Waals surface area contributed by atoms with Crippen molar-refractivity contribution in [1.29, 1.82) is 0 Å². The lowest BCUT2D eigenvalue weighted by molar-refractivity contribution is 0.114. The first-order chi connectivity index (χ1) is 11.2. The van der Waals surface area contributed by atoms with Gasteiger partial charge in [-0.15, -0.1) is 0 Å². The van der Waals surface area contributed by atoms with Crippen LogP contribution >= 0.6 is 0 Å². The lowest BCUT2D eigenvalue weighted by atomic mass is 10.2. The van der Waals surface area contributed by atoms with Crippen molar-refractivity contribution in [2.75, 3.05) is 33.1 Å². The van der Waals surface area contributed by atoms with Gasteiger partial charge in [-0.05, 0) is 30.5 Å². The molecule has 1 heterocycles. The smallest absolute Gasteiger partial charge is 0.231 e. The zero-order chi connectivity index (χ0) is 16.5. The molecule has 128 valence electrons. The van der Waals surface area contributed by atoms with E-state index in [1.165, 1.54) is 0 Å². The molecule has 0 aromatic heterocycles. The lowest BCUT2D eigenvalue weighted by Gasteiger charge is -2.12. The fourth-order valence-corrected chi connectivity index (χ4v) is 2.11. The van der Waals surface area contributed by atoms with Crippen LogP contribution < -0.4 is 20.1 Å². The van der Waals surface area contributed by atoms with Crippen molar-refractivity contribution in [1.82, 2.24) is 10.6 Å². The van der Waals surface area contributed by atoms with E-state index in [0.717, 1.165) is 42.7 Å². The summed E-state index contributed by atoms with van der Waals surface area (Å²) in [5, 5.41) is 6.51. The third-order valence-corrected chi connectivity index (χ3v) is 3.19. The van der Waals surface area contributed by atoms with Gasteiger partial charge in [-0.25, -0.2) is 4.99 Å². The number of hydrogen-bond donors (Lipinski definition) is 2. The highest BCUT2D eigenvalue weighted by atomic mass is 16.7. The molecule has 6 heteroatoms. The first kappa shape index (κ1) is 17.4. The Kier molecular flexibility index (Phi) is 7.00. The van der Waals surface area contributed by atoms with Crippen molar-refractivity contribution >= 4 is 5.96 Å². The van der Waals surface area contributed by atoms with Crippen LogP contribution in [0.2, 0.25) is 0 Å². The van der Waals surface area contributed by atoms with Gasteiger partial charge in [0.15, 0.2) is 17.5 Å².